The molecule has 142 valence electrons. The van der Waals surface area contributed by atoms with Crippen molar-refractivity contribution < 1.29 is 19.1 Å². The lowest BCUT2D eigenvalue weighted by Crippen LogP contribution is -2.24. The van der Waals surface area contributed by atoms with Crippen LogP contribution in [0.15, 0.2) is 41.5 Å². The second-order valence-electron chi connectivity index (χ2n) is 5.25. The van der Waals surface area contributed by atoms with E-state index < -0.39 is 18.2 Å². The van der Waals surface area contributed by atoms with Crippen molar-refractivity contribution in [1.29, 1.82) is 0 Å². The summed E-state index contributed by atoms with van der Waals surface area (Å²) in [7, 11) is 3.06. The lowest BCUT2D eigenvalue weighted by molar-refractivity contribution is -0.126. The maximum Gasteiger partial charge on any atom is 0.249 e. The van der Waals surface area contributed by atoms with E-state index in [4.69, 9.17) is 32.7 Å². The van der Waals surface area contributed by atoms with Crippen LogP contribution in [0.5, 0.6) is 11.5 Å². The summed E-state index contributed by atoms with van der Waals surface area (Å²) in [6, 6.07) is 9.77. The summed E-state index contributed by atoms with van der Waals surface area (Å²) in [6.07, 6.45) is 1.00. The molecule has 0 aliphatic heterocycles. The summed E-state index contributed by atoms with van der Waals surface area (Å²) < 4.78 is 10.3. The van der Waals surface area contributed by atoms with Gasteiger partial charge in [-0.3, -0.25) is 9.59 Å². The van der Waals surface area contributed by atoms with Gasteiger partial charge in [0, 0.05) is 17.3 Å². The van der Waals surface area contributed by atoms with Gasteiger partial charge in [-0.15, -0.1) is 0 Å². The third kappa shape index (κ3) is 6.16. The molecule has 7 nitrogen and oxygen atoms in total. The van der Waals surface area contributed by atoms with Gasteiger partial charge in [-0.05, 0) is 30.3 Å². The van der Waals surface area contributed by atoms with Gasteiger partial charge in [0.1, 0.15) is 17.9 Å². The minimum atomic E-state index is -0.573. The molecule has 2 N–H and O–H groups in total. The number of anilines is 1. The molecule has 0 aliphatic rings. The number of ether oxygens (including phenoxy) is 2. The predicted octanol–water partition coefficient (Wildman–Crippen LogP) is 3.49. The molecule has 0 saturated heterocycles. The quantitative estimate of drug-likeness (QED) is 0.416. The van der Waals surface area contributed by atoms with Crippen LogP contribution in [0.1, 0.15) is 12.0 Å². The van der Waals surface area contributed by atoms with Crippen LogP contribution in [0.4, 0.5) is 5.69 Å². The van der Waals surface area contributed by atoms with Gasteiger partial charge in [-0.25, -0.2) is 5.43 Å². The molecule has 0 heterocycles. The number of benzene rings is 2. The number of hydrogen-bond donors (Lipinski definition) is 2. The van der Waals surface area contributed by atoms with E-state index in [9.17, 15) is 9.59 Å². The second-order valence-corrected chi connectivity index (χ2v) is 6.07. The van der Waals surface area contributed by atoms with Gasteiger partial charge in [0.05, 0.1) is 30.5 Å². The number of nitrogens with one attached hydrogen (secondary N) is 2. The normalized spacial score (nSPS) is 10.5. The molecule has 0 aliphatic carbocycles. The first-order valence-electron chi connectivity index (χ1n) is 7.71. The smallest absolute Gasteiger partial charge is 0.249 e. The van der Waals surface area contributed by atoms with Gasteiger partial charge in [0.2, 0.25) is 11.8 Å². The lowest BCUT2D eigenvalue weighted by Gasteiger charge is -2.07. The SMILES string of the molecule is COc1ccc(/C=N/NC(=O)CC(=O)Nc2ccc(Cl)c(Cl)c2)c(OC)c1. The van der Waals surface area contributed by atoms with Gasteiger partial charge < -0.3 is 14.8 Å². The summed E-state index contributed by atoms with van der Waals surface area (Å²) >= 11 is 11.7. The fourth-order valence-electron chi connectivity index (χ4n) is 2.06. The maximum atomic E-state index is 11.9. The zero-order valence-electron chi connectivity index (χ0n) is 14.6. The summed E-state index contributed by atoms with van der Waals surface area (Å²) in [6.45, 7) is 0. The monoisotopic (exact) mass is 409 g/mol. The number of amides is 2. The summed E-state index contributed by atoms with van der Waals surface area (Å²) in [5.41, 5.74) is 3.36. The number of hydrogen-bond acceptors (Lipinski definition) is 5. The Hall–Kier alpha value is -2.77. The van der Waals surface area contributed by atoms with Crippen molar-refractivity contribution in [3.05, 3.63) is 52.0 Å². The van der Waals surface area contributed by atoms with Gasteiger partial charge in [-0.2, -0.15) is 5.10 Å². The molecular weight excluding hydrogens is 393 g/mol. The molecule has 0 radical (unpaired) electrons. The molecule has 0 aromatic heterocycles. The van der Waals surface area contributed by atoms with Crippen molar-refractivity contribution in [1.82, 2.24) is 5.43 Å². The number of halogens is 2. The van der Waals surface area contributed by atoms with E-state index in [1.54, 1.807) is 37.4 Å². The highest BCUT2D eigenvalue weighted by atomic mass is 35.5. The number of carbonyl (C=O) groups is 2. The maximum absolute atomic E-state index is 11.9. The molecule has 2 aromatic rings. The fourth-order valence-corrected chi connectivity index (χ4v) is 2.36. The van der Waals surface area contributed by atoms with E-state index in [0.29, 0.717) is 32.8 Å². The van der Waals surface area contributed by atoms with E-state index in [1.807, 2.05) is 0 Å². The van der Waals surface area contributed by atoms with Crippen LogP contribution in [-0.4, -0.2) is 32.2 Å². The molecule has 0 fully saturated rings. The average molecular weight is 410 g/mol. The van der Waals surface area contributed by atoms with Crippen LogP contribution in [0, 0.1) is 0 Å². The lowest BCUT2D eigenvalue weighted by atomic mass is 10.2. The molecule has 0 bridgehead atoms. The summed E-state index contributed by atoms with van der Waals surface area (Å²) in [4.78, 5) is 23.7. The second kappa shape index (κ2) is 9.80. The zero-order valence-corrected chi connectivity index (χ0v) is 16.1. The first kappa shape index (κ1) is 20.5. The highest BCUT2D eigenvalue weighted by Crippen LogP contribution is 2.25. The van der Waals surface area contributed by atoms with Crippen LogP contribution >= 0.6 is 23.2 Å². The highest BCUT2D eigenvalue weighted by Gasteiger charge is 2.10. The van der Waals surface area contributed by atoms with E-state index in [2.05, 4.69) is 15.8 Å². The molecule has 27 heavy (non-hydrogen) atoms. The van der Waals surface area contributed by atoms with E-state index in [1.165, 1.54) is 19.4 Å². The number of rotatable bonds is 7. The van der Waals surface area contributed by atoms with Crippen LogP contribution in [0.3, 0.4) is 0 Å². The summed E-state index contributed by atoms with van der Waals surface area (Å²) in [5, 5.41) is 7.05. The van der Waals surface area contributed by atoms with Crippen molar-refractivity contribution in [3.8, 4) is 11.5 Å². The molecule has 0 spiro atoms. The standard InChI is InChI=1S/C18H17Cl2N3O4/c1-26-13-5-3-11(16(8-13)27-2)10-21-23-18(25)9-17(24)22-12-4-6-14(19)15(20)7-12/h3-8,10H,9H2,1-2H3,(H,22,24)(H,23,25)/b21-10+. The molecule has 9 heteroatoms. The number of methoxy groups -OCH3 is 2. The molecule has 2 rings (SSSR count). The largest absolute Gasteiger partial charge is 0.497 e. The Bertz CT molecular complexity index is 872. The third-order valence-corrected chi connectivity index (χ3v) is 4.10. The highest BCUT2D eigenvalue weighted by molar-refractivity contribution is 6.42. The fraction of sp³-hybridized carbons (Fsp3) is 0.167. The van der Waals surface area contributed by atoms with Gasteiger partial charge in [0.25, 0.3) is 0 Å². The molecule has 2 aromatic carbocycles. The van der Waals surface area contributed by atoms with Crippen molar-refractivity contribution in [2.75, 3.05) is 19.5 Å². The van der Waals surface area contributed by atoms with Crippen molar-refractivity contribution in [3.63, 3.8) is 0 Å². The Labute approximate surface area is 166 Å². The Morgan fingerprint density at radius 1 is 1.04 bits per heavy atom. The molecule has 0 atom stereocenters. The average Bonchev–Trinajstić information content (AvgIpc) is 2.64. The molecular formula is C18H17Cl2N3O4. The third-order valence-electron chi connectivity index (χ3n) is 3.36. The van der Waals surface area contributed by atoms with Gasteiger partial charge in [0.15, 0.2) is 0 Å². The van der Waals surface area contributed by atoms with Gasteiger partial charge >= 0.3 is 0 Å². The van der Waals surface area contributed by atoms with E-state index in [0.717, 1.165) is 0 Å². The van der Waals surface area contributed by atoms with E-state index >= 15 is 0 Å². The van der Waals surface area contributed by atoms with Crippen LogP contribution < -0.4 is 20.2 Å². The van der Waals surface area contributed by atoms with Crippen LogP contribution in [0.25, 0.3) is 0 Å². The van der Waals surface area contributed by atoms with Crippen molar-refractivity contribution in [2.24, 2.45) is 5.10 Å². The number of nitrogens with zero attached hydrogens (tertiary/aromatic N) is 1. The Kier molecular flexibility index (Phi) is 7.45. The molecule has 0 saturated carbocycles. The Balaban J connectivity index is 1.89. The van der Waals surface area contributed by atoms with Crippen molar-refractivity contribution >= 4 is 46.9 Å². The Morgan fingerprint density at radius 3 is 2.48 bits per heavy atom. The number of hydrazone groups is 1. The summed E-state index contributed by atoms with van der Waals surface area (Å²) in [5.74, 6) is 0.0797. The minimum Gasteiger partial charge on any atom is -0.497 e. The number of carbonyl (C=O) groups excluding carboxylic acids is 2. The van der Waals surface area contributed by atoms with Crippen molar-refractivity contribution in [2.45, 2.75) is 6.42 Å². The minimum absolute atomic E-state index is 0.303. The van der Waals surface area contributed by atoms with E-state index in [-0.39, 0.29) is 0 Å². The van der Waals surface area contributed by atoms with Crippen LogP contribution in [-0.2, 0) is 9.59 Å². The molecule has 0 unspecified atom stereocenters. The van der Waals surface area contributed by atoms with Gasteiger partial charge in [-0.1, -0.05) is 23.2 Å². The molecule has 2 amide bonds. The zero-order chi connectivity index (χ0) is 19.8. The van der Waals surface area contributed by atoms with Crippen LogP contribution in [0.2, 0.25) is 10.0 Å². The first-order chi connectivity index (χ1) is 12.9. The topological polar surface area (TPSA) is 89.0 Å². The Morgan fingerprint density at radius 2 is 1.81 bits per heavy atom. The first-order valence-corrected chi connectivity index (χ1v) is 8.47. The predicted molar refractivity (Wildman–Crippen MR) is 105 cm³/mol.